The predicted octanol–water partition coefficient (Wildman–Crippen LogP) is 10.0. The second-order valence-electron chi connectivity index (χ2n) is 10.7. The molecule has 0 radical (unpaired) electrons. The summed E-state index contributed by atoms with van der Waals surface area (Å²) in [6.07, 6.45) is 19.8. The van der Waals surface area contributed by atoms with Crippen LogP contribution < -0.4 is 0 Å². The van der Waals surface area contributed by atoms with Crippen molar-refractivity contribution in [2.24, 2.45) is 0 Å². The van der Waals surface area contributed by atoms with Gasteiger partial charge in [-0.25, -0.2) is 0 Å². The first-order valence-corrected chi connectivity index (χ1v) is 15.4. The lowest BCUT2D eigenvalue weighted by atomic mass is 9.80. The monoisotopic (exact) mass is 526 g/mol. The summed E-state index contributed by atoms with van der Waals surface area (Å²) in [7, 11) is 0. The highest BCUT2D eigenvalue weighted by Crippen LogP contribution is 2.40. The van der Waals surface area contributed by atoms with Crippen LogP contribution in [0.2, 0.25) is 0 Å². The number of aliphatic hydroxyl groups is 1. The number of allylic oxidation sites excluding steroid dienone is 2. The summed E-state index contributed by atoms with van der Waals surface area (Å²) < 4.78 is 6.81. The third kappa shape index (κ3) is 10.4. The van der Waals surface area contributed by atoms with Gasteiger partial charge >= 0.3 is 0 Å². The van der Waals surface area contributed by atoms with Crippen molar-refractivity contribution in [2.45, 2.75) is 102 Å². The highest BCUT2D eigenvalue weighted by molar-refractivity contribution is 5.47. The van der Waals surface area contributed by atoms with E-state index in [2.05, 4.69) is 91.9 Å². The maximum absolute atomic E-state index is 10.7. The SMILES string of the molecule is CCCCCCCC/C=C\CCCCCC(O)CCOC(c1ccccc1)(c1ccccc1)c1ccccc1. The molecule has 39 heavy (non-hydrogen) atoms. The van der Waals surface area contributed by atoms with Gasteiger partial charge in [0.15, 0.2) is 0 Å². The Morgan fingerprint density at radius 3 is 1.51 bits per heavy atom. The minimum absolute atomic E-state index is 0.340. The molecule has 0 bridgehead atoms. The van der Waals surface area contributed by atoms with Crippen molar-refractivity contribution in [2.75, 3.05) is 6.61 Å². The Kier molecular flexibility index (Phi) is 14.7. The third-order valence-electron chi connectivity index (χ3n) is 7.61. The van der Waals surface area contributed by atoms with Crippen LogP contribution in [0.4, 0.5) is 0 Å². The fraction of sp³-hybridized carbons (Fsp3) is 0.459. The minimum atomic E-state index is -0.717. The molecule has 0 aliphatic carbocycles. The Hall–Kier alpha value is -2.68. The lowest BCUT2D eigenvalue weighted by Gasteiger charge is -2.36. The Bertz CT molecular complexity index is 916. The molecule has 0 saturated carbocycles. The summed E-state index contributed by atoms with van der Waals surface area (Å²) in [5.74, 6) is 0. The van der Waals surface area contributed by atoms with E-state index in [0.717, 1.165) is 36.0 Å². The Labute approximate surface area is 238 Å². The van der Waals surface area contributed by atoms with E-state index in [1.165, 1.54) is 57.8 Å². The van der Waals surface area contributed by atoms with E-state index in [9.17, 15) is 5.11 Å². The quantitative estimate of drug-likeness (QED) is 0.0901. The second kappa shape index (κ2) is 18.6. The Morgan fingerprint density at radius 1 is 0.590 bits per heavy atom. The average molecular weight is 527 g/mol. The number of unbranched alkanes of at least 4 members (excludes halogenated alkanes) is 9. The van der Waals surface area contributed by atoms with Crippen LogP contribution in [0.3, 0.4) is 0 Å². The van der Waals surface area contributed by atoms with Gasteiger partial charge in [-0.3, -0.25) is 0 Å². The first-order chi connectivity index (χ1) is 19.3. The van der Waals surface area contributed by atoms with E-state index in [4.69, 9.17) is 4.74 Å². The van der Waals surface area contributed by atoms with Crippen molar-refractivity contribution in [3.8, 4) is 0 Å². The standard InChI is InChI=1S/C37H50O2/c1-2-3-4-5-6-7-8-9-10-11-12-13-23-30-36(38)31-32-39-37(33-24-17-14-18-25-33,34-26-19-15-20-27-34)35-28-21-16-22-29-35/h9-10,14-22,24-29,36,38H,2-8,11-13,23,30-32H2,1H3/b10-9-. The normalized spacial score (nSPS) is 12.7. The maximum atomic E-state index is 10.7. The van der Waals surface area contributed by atoms with Crippen LogP contribution in [-0.4, -0.2) is 17.8 Å². The summed E-state index contributed by atoms with van der Waals surface area (Å²) in [6, 6.07) is 31.4. The molecular weight excluding hydrogens is 476 g/mol. The van der Waals surface area contributed by atoms with Crippen LogP contribution in [0.15, 0.2) is 103 Å². The lowest BCUT2D eigenvalue weighted by Crippen LogP contribution is -2.34. The van der Waals surface area contributed by atoms with Crippen LogP contribution in [0.25, 0.3) is 0 Å². The number of hydrogen-bond acceptors (Lipinski definition) is 2. The van der Waals surface area contributed by atoms with Crippen LogP contribution in [-0.2, 0) is 10.3 Å². The van der Waals surface area contributed by atoms with Gasteiger partial charge in [-0.05, 0) is 55.2 Å². The summed E-state index contributed by atoms with van der Waals surface area (Å²) in [4.78, 5) is 0. The molecule has 0 amide bonds. The van der Waals surface area contributed by atoms with Crippen LogP contribution in [0.1, 0.15) is 107 Å². The van der Waals surface area contributed by atoms with Gasteiger partial charge in [0.1, 0.15) is 5.60 Å². The fourth-order valence-electron chi connectivity index (χ4n) is 5.36. The first kappa shape index (κ1) is 30.9. The lowest BCUT2D eigenvalue weighted by molar-refractivity contribution is -0.00659. The zero-order valence-corrected chi connectivity index (χ0v) is 24.1. The smallest absolute Gasteiger partial charge is 0.143 e. The van der Waals surface area contributed by atoms with E-state index in [1.54, 1.807) is 0 Å². The van der Waals surface area contributed by atoms with Crippen molar-refractivity contribution in [3.63, 3.8) is 0 Å². The highest BCUT2D eigenvalue weighted by Gasteiger charge is 2.37. The number of aliphatic hydroxyl groups excluding tert-OH is 1. The molecule has 0 aliphatic heterocycles. The molecule has 0 spiro atoms. The van der Waals surface area contributed by atoms with Crippen molar-refractivity contribution in [3.05, 3.63) is 120 Å². The maximum Gasteiger partial charge on any atom is 0.143 e. The number of ether oxygens (including phenoxy) is 1. The van der Waals surface area contributed by atoms with E-state index < -0.39 is 5.60 Å². The van der Waals surface area contributed by atoms with Gasteiger partial charge in [0.05, 0.1) is 12.7 Å². The van der Waals surface area contributed by atoms with Gasteiger partial charge in [0.25, 0.3) is 0 Å². The second-order valence-corrected chi connectivity index (χ2v) is 10.7. The van der Waals surface area contributed by atoms with Gasteiger partial charge in [0, 0.05) is 0 Å². The van der Waals surface area contributed by atoms with E-state index >= 15 is 0 Å². The molecule has 0 fully saturated rings. The molecule has 3 rings (SSSR count). The largest absolute Gasteiger partial charge is 0.393 e. The fourth-order valence-corrected chi connectivity index (χ4v) is 5.36. The first-order valence-electron chi connectivity index (χ1n) is 15.4. The zero-order chi connectivity index (χ0) is 27.4. The molecule has 0 saturated heterocycles. The summed E-state index contributed by atoms with van der Waals surface area (Å²) >= 11 is 0. The topological polar surface area (TPSA) is 29.5 Å². The summed E-state index contributed by atoms with van der Waals surface area (Å²) in [5, 5.41) is 10.7. The third-order valence-corrected chi connectivity index (χ3v) is 7.61. The minimum Gasteiger partial charge on any atom is -0.393 e. The summed E-state index contributed by atoms with van der Waals surface area (Å²) in [6.45, 7) is 2.76. The van der Waals surface area contributed by atoms with Crippen LogP contribution >= 0.6 is 0 Å². The molecule has 2 heteroatoms. The van der Waals surface area contributed by atoms with Crippen LogP contribution in [0.5, 0.6) is 0 Å². The molecule has 3 aromatic carbocycles. The number of rotatable bonds is 20. The number of benzene rings is 3. The van der Waals surface area contributed by atoms with E-state index in [-0.39, 0.29) is 6.10 Å². The highest BCUT2D eigenvalue weighted by atomic mass is 16.5. The number of hydrogen-bond donors (Lipinski definition) is 1. The van der Waals surface area contributed by atoms with Crippen molar-refractivity contribution < 1.29 is 9.84 Å². The van der Waals surface area contributed by atoms with E-state index in [0.29, 0.717) is 13.0 Å². The molecule has 2 nitrogen and oxygen atoms in total. The van der Waals surface area contributed by atoms with Gasteiger partial charge in [0.2, 0.25) is 0 Å². The van der Waals surface area contributed by atoms with E-state index in [1.807, 2.05) is 18.2 Å². The van der Waals surface area contributed by atoms with Gasteiger partial charge < -0.3 is 9.84 Å². The molecule has 3 aromatic rings. The van der Waals surface area contributed by atoms with Crippen molar-refractivity contribution in [1.29, 1.82) is 0 Å². The van der Waals surface area contributed by atoms with Crippen molar-refractivity contribution >= 4 is 0 Å². The molecule has 0 heterocycles. The Morgan fingerprint density at radius 2 is 1.03 bits per heavy atom. The molecular formula is C37H50O2. The van der Waals surface area contributed by atoms with Gasteiger partial charge in [-0.2, -0.15) is 0 Å². The van der Waals surface area contributed by atoms with Crippen LogP contribution in [0, 0.1) is 0 Å². The zero-order valence-electron chi connectivity index (χ0n) is 24.1. The van der Waals surface area contributed by atoms with Gasteiger partial charge in [-0.1, -0.05) is 155 Å². The predicted molar refractivity (Wildman–Crippen MR) is 166 cm³/mol. The molecule has 210 valence electrons. The summed E-state index contributed by atoms with van der Waals surface area (Å²) in [5.41, 5.74) is 2.58. The molecule has 0 aliphatic rings. The van der Waals surface area contributed by atoms with Crippen molar-refractivity contribution in [1.82, 2.24) is 0 Å². The molecule has 1 atom stereocenters. The molecule has 1 unspecified atom stereocenters. The average Bonchev–Trinajstić information content (AvgIpc) is 2.99. The molecule has 1 N–H and O–H groups in total. The van der Waals surface area contributed by atoms with Gasteiger partial charge in [-0.15, -0.1) is 0 Å². The Balaban J connectivity index is 1.45. The molecule has 0 aromatic heterocycles.